The third-order valence-corrected chi connectivity index (χ3v) is 5.23. The summed E-state index contributed by atoms with van der Waals surface area (Å²) < 4.78 is 26.8. The zero-order valence-corrected chi connectivity index (χ0v) is 15.3. The van der Waals surface area contributed by atoms with Crippen molar-refractivity contribution in [1.29, 1.82) is 0 Å². The predicted molar refractivity (Wildman–Crippen MR) is 96.0 cm³/mol. The van der Waals surface area contributed by atoms with Gasteiger partial charge in [0.1, 0.15) is 11.6 Å². The number of nitrogens with zero attached hydrogens (tertiary/aromatic N) is 2. The number of nitrogens with two attached hydrogens (primary N) is 1. The molecule has 0 radical (unpaired) electrons. The summed E-state index contributed by atoms with van der Waals surface area (Å²) in [6.45, 7) is 2.02. The third-order valence-electron chi connectivity index (χ3n) is 5.23. The second-order valence-electron chi connectivity index (χ2n) is 6.75. The highest BCUT2D eigenvalue weighted by atomic mass is 35.5. The number of hydrogen-bond acceptors (Lipinski definition) is 3. The Bertz CT molecular complexity index is 666. The lowest BCUT2D eigenvalue weighted by Gasteiger charge is -2.34. The number of carbonyl (C=O) groups excluding carboxylic acids is 2. The smallest absolute Gasteiger partial charge is 0.256 e. The number of halogens is 3. The minimum absolute atomic E-state index is 0. The highest BCUT2D eigenvalue weighted by molar-refractivity contribution is 5.94. The summed E-state index contributed by atoms with van der Waals surface area (Å²) in [6.07, 6.45) is 3.04. The fourth-order valence-electron chi connectivity index (χ4n) is 3.77. The summed E-state index contributed by atoms with van der Waals surface area (Å²) in [5.41, 5.74) is 5.60. The van der Waals surface area contributed by atoms with Crippen molar-refractivity contribution in [1.82, 2.24) is 9.80 Å². The molecule has 2 N–H and O–H groups in total. The second kappa shape index (κ2) is 8.77. The topological polar surface area (TPSA) is 66.6 Å². The van der Waals surface area contributed by atoms with E-state index in [2.05, 4.69) is 0 Å². The summed E-state index contributed by atoms with van der Waals surface area (Å²) in [5.74, 6) is -2.02. The van der Waals surface area contributed by atoms with Crippen LogP contribution in [0.3, 0.4) is 0 Å². The van der Waals surface area contributed by atoms with Crippen LogP contribution in [0.25, 0.3) is 0 Å². The first kappa shape index (κ1) is 20.6. The zero-order chi connectivity index (χ0) is 18.0. The molecule has 2 aliphatic rings. The molecular formula is C18H24ClF2N3O2. The number of rotatable bonds is 3. The molecule has 1 aromatic rings. The minimum Gasteiger partial charge on any atom is -0.339 e. The van der Waals surface area contributed by atoms with E-state index in [1.807, 2.05) is 4.90 Å². The summed E-state index contributed by atoms with van der Waals surface area (Å²) in [7, 11) is 0. The Morgan fingerprint density at radius 3 is 2.42 bits per heavy atom. The lowest BCUT2D eigenvalue weighted by molar-refractivity contribution is -0.137. The van der Waals surface area contributed by atoms with E-state index in [1.54, 1.807) is 0 Å². The standard InChI is InChI=1S/C18H23F2N3O2.ClH/c19-13-3-4-15(16(20)10-13)18(25)22-8-5-12(6-9-22)17(24)23-7-1-2-14(23)11-21;/h3-4,10,12,14H,1-2,5-9,11,21H2;1H. The molecule has 2 saturated heterocycles. The molecule has 2 amide bonds. The number of amides is 2. The highest BCUT2D eigenvalue weighted by Crippen LogP contribution is 2.26. The number of benzene rings is 1. The number of likely N-dealkylation sites (tertiary alicyclic amines) is 2. The van der Waals surface area contributed by atoms with Crippen LogP contribution in [0.2, 0.25) is 0 Å². The predicted octanol–water partition coefficient (Wildman–Crippen LogP) is 2.19. The first-order valence-electron chi connectivity index (χ1n) is 8.76. The van der Waals surface area contributed by atoms with Gasteiger partial charge in [0.25, 0.3) is 5.91 Å². The first-order valence-corrected chi connectivity index (χ1v) is 8.76. The Hall–Kier alpha value is -1.73. The summed E-state index contributed by atoms with van der Waals surface area (Å²) in [4.78, 5) is 28.5. The van der Waals surface area contributed by atoms with E-state index < -0.39 is 17.5 Å². The van der Waals surface area contributed by atoms with Gasteiger partial charge >= 0.3 is 0 Å². The van der Waals surface area contributed by atoms with Crippen LogP contribution in [-0.4, -0.2) is 53.8 Å². The van der Waals surface area contributed by atoms with Crippen molar-refractivity contribution >= 4 is 24.2 Å². The summed E-state index contributed by atoms with van der Waals surface area (Å²) in [6, 6.07) is 3.08. The van der Waals surface area contributed by atoms with E-state index in [1.165, 1.54) is 11.0 Å². The van der Waals surface area contributed by atoms with Crippen molar-refractivity contribution in [2.45, 2.75) is 31.7 Å². The fourth-order valence-corrected chi connectivity index (χ4v) is 3.77. The molecule has 26 heavy (non-hydrogen) atoms. The SMILES string of the molecule is Cl.NCC1CCCN1C(=O)C1CCN(C(=O)c2ccc(F)cc2F)CC1. The van der Waals surface area contributed by atoms with Crippen molar-refractivity contribution in [2.75, 3.05) is 26.2 Å². The van der Waals surface area contributed by atoms with Crippen LogP contribution in [0.5, 0.6) is 0 Å². The number of carbonyl (C=O) groups is 2. The highest BCUT2D eigenvalue weighted by Gasteiger charge is 2.35. The maximum absolute atomic E-state index is 13.8. The molecule has 1 unspecified atom stereocenters. The number of piperidine rings is 1. The van der Waals surface area contributed by atoms with Crippen molar-refractivity contribution in [3.8, 4) is 0 Å². The largest absolute Gasteiger partial charge is 0.339 e. The first-order chi connectivity index (χ1) is 12.0. The molecular weight excluding hydrogens is 364 g/mol. The summed E-state index contributed by atoms with van der Waals surface area (Å²) in [5, 5.41) is 0. The molecule has 0 spiro atoms. The van der Waals surface area contributed by atoms with E-state index >= 15 is 0 Å². The third kappa shape index (κ3) is 4.15. The lowest BCUT2D eigenvalue weighted by atomic mass is 9.94. The van der Waals surface area contributed by atoms with Crippen LogP contribution in [0, 0.1) is 17.6 Å². The molecule has 0 saturated carbocycles. The minimum atomic E-state index is -0.856. The average molecular weight is 388 g/mol. The van der Waals surface area contributed by atoms with Crippen LogP contribution < -0.4 is 5.73 Å². The Kier molecular flexibility index (Phi) is 6.94. The van der Waals surface area contributed by atoms with E-state index in [9.17, 15) is 18.4 Å². The molecule has 144 valence electrons. The van der Waals surface area contributed by atoms with Crippen molar-refractivity contribution < 1.29 is 18.4 Å². The molecule has 5 nitrogen and oxygen atoms in total. The average Bonchev–Trinajstić information content (AvgIpc) is 3.09. The molecule has 2 heterocycles. The maximum atomic E-state index is 13.8. The summed E-state index contributed by atoms with van der Waals surface area (Å²) >= 11 is 0. The van der Waals surface area contributed by atoms with E-state index in [0.717, 1.165) is 25.5 Å². The van der Waals surface area contributed by atoms with Crippen molar-refractivity contribution in [2.24, 2.45) is 11.7 Å². The van der Waals surface area contributed by atoms with Gasteiger partial charge in [-0.15, -0.1) is 12.4 Å². The molecule has 2 aliphatic heterocycles. The van der Waals surface area contributed by atoms with Gasteiger partial charge in [-0.25, -0.2) is 8.78 Å². The molecule has 3 rings (SSSR count). The Morgan fingerprint density at radius 2 is 1.81 bits per heavy atom. The quantitative estimate of drug-likeness (QED) is 0.864. The molecule has 1 atom stereocenters. The van der Waals surface area contributed by atoms with Crippen molar-refractivity contribution in [3.63, 3.8) is 0 Å². The van der Waals surface area contributed by atoms with Crippen LogP contribution >= 0.6 is 12.4 Å². The molecule has 0 bridgehead atoms. The van der Waals surface area contributed by atoms with Gasteiger partial charge in [0.15, 0.2) is 0 Å². The Morgan fingerprint density at radius 1 is 1.12 bits per heavy atom. The second-order valence-corrected chi connectivity index (χ2v) is 6.75. The van der Waals surface area contributed by atoms with Gasteiger partial charge in [0.05, 0.1) is 5.56 Å². The molecule has 0 aliphatic carbocycles. The molecule has 2 fully saturated rings. The maximum Gasteiger partial charge on any atom is 0.256 e. The van der Waals surface area contributed by atoms with Crippen LogP contribution in [-0.2, 0) is 4.79 Å². The van der Waals surface area contributed by atoms with Crippen LogP contribution in [0.1, 0.15) is 36.0 Å². The van der Waals surface area contributed by atoms with Gasteiger partial charge in [0, 0.05) is 44.2 Å². The Labute approximate surface area is 157 Å². The van der Waals surface area contributed by atoms with Crippen molar-refractivity contribution in [3.05, 3.63) is 35.4 Å². The Balaban J connectivity index is 0.00000243. The van der Waals surface area contributed by atoms with Crippen LogP contribution in [0.15, 0.2) is 18.2 Å². The van der Waals surface area contributed by atoms with Gasteiger partial charge in [-0.1, -0.05) is 0 Å². The molecule has 0 aromatic heterocycles. The van der Waals surface area contributed by atoms with Crippen LogP contribution in [0.4, 0.5) is 8.78 Å². The van der Waals surface area contributed by atoms with Gasteiger partial charge in [0.2, 0.25) is 5.91 Å². The monoisotopic (exact) mass is 387 g/mol. The van der Waals surface area contributed by atoms with E-state index in [0.29, 0.717) is 38.5 Å². The molecule has 8 heteroatoms. The van der Waals surface area contributed by atoms with Gasteiger partial charge in [-0.3, -0.25) is 9.59 Å². The van der Waals surface area contributed by atoms with Gasteiger partial charge in [-0.05, 0) is 37.8 Å². The van der Waals surface area contributed by atoms with Gasteiger partial charge < -0.3 is 15.5 Å². The fraction of sp³-hybridized carbons (Fsp3) is 0.556. The number of hydrogen-bond donors (Lipinski definition) is 1. The van der Waals surface area contributed by atoms with Gasteiger partial charge in [-0.2, -0.15) is 0 Å². The van der Waals surface area contributed by atoms with E-state index in [4.69, 9.17) is 5.73 Å². The normalized spacial score (nSPS) is 20.8. The van der Waals surface area contributed by atoms with E-state index in [-0.39, 0.29) is 35.8 Å². The molecule has 1 aromatic carbocycles. The zero-order valence-electron chi connectivity index (χ0n) is 14.5. The lowest BCUT2D eigenvalue weighted by Crippen LogP contribution is -2.47.